The first-order valence-corrected chi connectivity index (χ1v) is 15.3. The molecule has 0 aliphatic carbocycles. The fourth-order valence-electron chi connectivity index (χ4n) is 3.50. The molecule has 186 valence electrons. The van der Waals surface area contributed by atoms with Gasteiger partial charge in [-0.3, -0.25) is 4.52 Å². The Labute approximate surface area is 196 Å². The molecule has 0 saturated carbocycles. The van der Waals surface area contributed by atoms with Crippen molar-refractivity contribution in [2.75, 3.05) is 12.4 Å². The van der Waals surface area contributed by atoms with Crippen molar-refractivity contribution in [3.63, 3.8) is 0 Å². The Morgan fingerprint density at radius 2 is 1.35 bits per heavy atom. The molecule has 1 N–H and O–H groups in total. The molecule has 0 bridgehead atoms. The van der Waals surface area contributed by atoms with Gasteiger partial charge in [0.25, 0.3) is 0 Å². The second kappa shape index (κ2) is 20.6. The number of carbonyl (C=O) groups is 1. The van der Waals surface area contributed by atoms with Crippen molar-refractivity contribution in [3.8, 4) is 0 Å². The lowest BCUT2D eigenvalue weighted by molar-refractivity contribution is 0.142. The van der Waals surface area contributed by atoms with Crippen LogP contribution in [0.1, 0.15) is 124 Å². The second-order valence-corrected chi connectivity index (χ2v) is 11.7. The smallest absolute Gasteiger partial charge is 0.438 e. The molecule has 7 heteroatoms. The number of unbranched alkanes of at least 4 members (excludes halogenated alkanes) is 11. The Bertz CT molecular complexity index is 475. The topological polar surface area (TPSA) is 72.8 Å². The number of hydrogen-bond acceptors (Lipinski definition) is 5. The summed E-state index contributed by atoms with van der Waals surface area (Å²) in [5.41, 5.74) is -1.49. The Morgan fingerprint density at radius 1 is 0.839 bits per heavy atom. The van der Waals surface area contributed by atoms with Gasteiger partial charge in [0, 0.05) is 5.25 Å². The zero-order chi connectivity index (χ0) is 23.4. The SMILES string of the molecule is CCCCCCCCCCCCSC(CCCCC)C(C)OP(=O)(OCCC)C(=O)O. The lowest BCUT2D eigenvalue weighted by Gasteiger charge is -2.26. The monoisotopic (exact) mass is 480 g/mol. The summed E-state index contributed by atoms with van der Waals surface area (Å²) in [5.74, 6) is 1.04. The van der Waals surface area contributed by atoms with Crippen LogP contribution in [0.25, 0.3) is 0 Å². The van der Waals surface area contributed by atoms with Crippen LogP contribution in [0, 0.1) is 0 Å². The number of hydrogen-bond donors (Lipinski definition) is 1. The molecule has 0 aromatic rings. The van der Waals surface area contributed by atoms with Gasteiger partial charge in [-0.2, -0.15) is 11.8 Å². The first-order chi connectivity index (χ1) is 14.9. The molecule has 0 rings (SSSR count). The van der Waals surface area contributed by atoms with E-state index in [9.17, 15) is 14.5 Å². The Balaban J connectivity index is 4.33. The van der Waals surface area contributed by atoms with Gasteiger partial charge >= 0.3 is 13.3 Å². The van der Waals surface area contributed by atoms with Gasteiger partial charge in [-0.1, -0.05) is 97.8 Å². The average Bonchev–Trinajstić information content (AvgIpc) is 2.74. The molecule has 0 radical (unpaired) electrons. The van der Waals surface area contributed by atoms with E-state index in [2.05, 4.69) is 13.8 Å². The van der Waals surface area contributed by atoms with Gasteiger partial charge in [-0.05, 0) is 31.9 Å². The molecular weight excluding hydrogens is 431 g/mol. The van der Waals surface area contributed by atoms with Gasteiger partial charge in [0.15, 0.2) is 0 Å². The number of rotatable bonds is 23. The molecule has 0 aliphatic rings. The van der Waals surface area contributed by atoms with E-state index in [4.69, 9.17) is 9.05 Å². The molecule has 31 heavy (non-hydrogen) atoms. The van der Waals surface area contributed by atoms with Crippen LogP contribution in [-0.4, -0.2) is 34.5 Å². The molecule has 0 amide bonds. The summed E-state index contributed by atoms with van der Waals surface area (Å²) in [7, 11) is -4.12. The standard InChI is InChI=1S/C24H49O5PS/c1-5-8-10-11-12-13-14-15-16-18-21-31-23(19-17-9-6-2)22(4)29-30(27,24(25)26)28-20-7-3/h22-23H,5-21H2,1-4H3,(H,25,26). The summed E-state index contributed by atoms with van der Waals surface area (Å²) in [6, 6.07) is 0. The Hall–Kier alpha value is -0.0300. The highest BCUT2D eigenvalue weighted by Crippen LogP contribution is 2.51. The van der Waals surface area contributed by atoms with Crippen LogP contribution in [0.5, 0.6) is 0 Å². The first kappa shape index (κ1) is 31.0. The fourth-order valence-corrected chi connectivity index (χ4v) is 6.19. The van der Waals surface area contributed by atoms with Crippen LogP contribution in [-0.2, 0) is 13.6 Å². The predicted octanol–water partition coefficient (Wildman–Crippen LogP) is 9.29. The van der Waals surface area contributed by atoms with E-state index < -0.39 is 19.4 Å². The molecule has 0 aromatic heterocycles. The van der Waals surface area contributed by atoms with E-state index in [1.807, 2.05) is 25.6 Å². The number of thioether (sulfide) groups is 1. The molecule has 0 spiro atoms. The molecule has 0 aromatic carbocycles. The third kappa shape index (κ3) is 16.3. The van der Waals surface area contributed by atoms with Gasteiger partial charge in [-0.15, -0.1) is 0 Å². The lowest BCUT2D eigenvalue weighted by Crippen LogP contribution is -2.25. The van der Waals surface area contributed by atoms with Gasteiger partial charge in [0.2, 0.25) is 0 Å². The van der Waals surface area contributed by atoms with Crippen LogP contribution in [0.15, 0.2) is 0 Å². The van der Waals surface area contributed by atoms with Gasteiger partial charge in [0.05, 0.1) is 12.7 Å². The van der Waals surface area contributed by atoms with Crippen molar-refractivity contribution < 1.29 is 23.5 Å². The maximum Gasteiger partial charge on any atom is 0.438 e. The van der Waals surface area contributed by atoms with E-state index in [0.29, 0.717) is 6.42 Å². The molecule has 3 atom stereocenters. The normalized spacial score (nSPS) is 15.5. The quantitative estimate of drug-likeness (QED) is 0.116. The highest BCUT2D eigenvalue weighted by Gasteiger charge is 2.38. The molecule has 5 nitrogen and oxygen atoms in total. The maximum absolute atomic E-state index is 12.6. The van der Waals surface area contributed by atoms with Crippen molar-refractivity contribution in [1.29, 1.82) is 0 Å². The Morgan fingerprint density at radius 3 is 1.87 bits per heavy atom. The van der Waals surface area contributed by atoms with E-state index in [0.717, 1.165) is 31.4 Å². The van der Waals surface area contributed by atoms with E-state index in [1.54, 1.807) is 0 Å². The highest BCUT2D eigenvalue weighted by atomic mass is 32.2. The van der Waals surface area contributed by atoms with Crippen molar-refractivity contribution in [2.45, 2.75) is 135 Å². The zero-order valence-electron chi connectivity index (χ0n) is 20.6. The summed E-state index contributed by atoms with van der Waals surface area (Å²) in [6.07, 6.45) is 17.7. The van der Waals surface area contributed by atoms with Crippen LogP contribution in [0.2, 0.25) is 0 Å². The summed E-state index contributed by atoms with van der Waals surface area (Å²) in [4.78, 5) is 11.5. The first-order valence-electron chi connectivity index (χ1n) is 12.7. The van der Waals surface area contributed by atoms with Gasteiger partial charge < -0.3 is 9.63 Å². The molecule has 0 saturated heterocycles. The molecular formula is C24H49O5PS. The molecule has 3 unspecified atom stereocenters. The van der Waals surface area contributed by atoms with Crippen molar-refractivity contribution in [3.05, 3.63) is 0 Å². The average molecular weight is 481 g/mol. The third-order valence-electron chi connectivity index (χ3n) is 5.45. The summed E-state index contributed by atoms with van der Waals surface area (Å²) >= 11 is 1.84. The van der Waals surface area contributed by atoms with E-state index in [1.165, 1.54) is 64.2 Å². The molecule has 0 heterocycles. The largest absolute Gasteiger partial charge is 0.472 e. The minimum absolute atomic E-state index is 0.128. The van der Waals surface area contributed by atoms with E-state index >= 15 is 0 Å². The van der Waals surface area contributed by atoms with Crippen LogP contribution in [0.3, 0.4) is 0 Å². The lowest BCUT2D eigenvalue weighted by atomic mass is 10.1. The molecule has 0 aliphatic heterocycles. The van der Waals surface area contributed by atoms with Crippen molar-refractivity contribution >= 4 is 25.1 Å². The summed E-state index contributed by atoms with van der Waals surface area (Å²) < 4.78 is 23.3. The predicted molar refractivity (Wildman–Crippen MR) is 135 cm³/mol. The summed E-state index contributed by atoms with van der Waals surface area (Å²) in [6.45, 7) is 8.24. The number of carboxylic acid groups (broad SMARTS) is 1. The van der Waals surface area contributed by atoms with Crippen LogP contribution in [0.4, 0.5) is 4.79 Å². The third-order valence-corrected chi connectivity index (χ3v) is 8.62. The van der Waals surface area contributed by atoms with Crippen LogP contribution < -0.4 is 0 Å². The van der Waals surface area contributed by atoms with E-state index in [-0.39, 0.29) is 11.9 Å². The zero-order valence-corrected chi connectivity index (χ0v) is 22.3. The summed E-state index contributed by atoms with van der Waals surface area (Å²) in [5, 5.41) is 9.50. The van der Waals surface area contributed by atoms with Gasteiger partial charge in [-0.25, -0.2) is 9.36 Å². The Kier molecular flexibility index (Phi) is 20.5. The van der Waals surface area contributed by atoms with Crippen LogP contribution >= 0.6 is 19.4 Å². The second-order valence-electron chi connectivity index (χ2n) is 8.51. The minimum Gasteiger partial charge on any atom is -0.472 e. The maximum atomic E-state index is 12.6. The minimum atomic E-state index is -4.12. The van der Waals surface area contributed by atoms with Crippen molar-refractivity contribution in [1.82, 2.24) is 0 Å². The highest BCUT2D eigenvalue weighted by molar-refractivity contribution is 7.99. The fraction of sp³-hybridized carbons (Fsp3) is 0.958. The van der Waals surface area contributed by atoms with Gasteiger partial charge in [0.1, 0.15) is 0 Å². The van der Waals surface area contributed by atoms with Crippen molar-refractivity contribution in [2.24, 2.45) is 0 Å². The molecule has 0 fully saturated rings.